The summed E-state index contributed by atoms with van der Waals surface area (Å²) in [7, 11) is -1.23. The van der Waals surface area contributed by atoms with E-state index in [2.05, 4.69) is 11.9 Å². The van der Waals surface area contributed by atoms with E-state index in [1.54, 1.807) is 16.4 Å². The number of hydrogen-bond acceptors (Lipinski definition) is 4. The van der Waals surface area contributed by atoms with Gasteiger partial charge in [0.25, 0.3) is 10.0 Å². The highest BCUT2D eigenvalue weighted by atomic mass is 35.5. The number of alkyl halides is 1. The van der Waals surface area contributed by atoms with Crippen molar-refractivity contribution in [2.24, 2.45) is 0 Å². The average molecular weight is 335 g/mol. The van der Waals surface area contributed by atoms with E-state index in [0.717, 1.165) is 17.7 Å². The summed E-state index contributed by atoms with van der Waals surface area (Å²) < 4.78 is 27.5. The first-order valence-corrected chi connectivity index (χ1v) is 9.68. The molecule has 2 saturated heterocycles. The second-order valence-electron chi connectivity index (χ2n) is 5.56. The molecule has 3 heterocycles. The Morgan fingerprint density at radius 1 is 1.30 bits per heavy atom. The van der Waals surface area contributed by atoms with Crippen molar-refractivity contribution in [2.75, 3.05) is 20.1 Å². The molecule has 2 fully saturated rings. The van der Waals surface area contributed by atoms with Gasteiger partial charge in [-0.05, 0) is 38.4 Å². The van der Waals surface area contributed by atoms with E-state index in [-0.39, 0.29) is 0 Å². The number of likely N-dealkylation sites (N-methyl/N-ethyl adjacent to an activating group) is 1. The number of sulfonamides is 1. The van der Waals surface area contributed by atoms with Gasteiger partial charge < -0.3 is 0 Å². The molecule has 2 aliphatic heterocycles. The number of fused-ring (bicyclic) bond motifs is 2. The zero-order valence-corrected chi connectivity index (χ0v) is 13.8. The third-order valence-corrected chi connectivity index (χ3v) is 8.34. The first kappa shape index (κ1) is 14.8. The molecule has 7 heteroatoms. The lowest BCUT2D eigenvalue weighted by Gasteiger charge is -2.24. The van der Waals surface area contributed by atoms with Crippen LogP contribution in [0.15, 0.2) is 16.3 Å². The molecule has 20 heavy (non-hydrogen) atoms. The molecule has 1 aromatic rings. The minimum atomic E-state index is -3.35. The van der Waals surface area contributed by atoms with Crippen molar-refractivity contribution >= 4 is 33.0 Å². The summed E-state index contributed by atoms with van der Waals surface area (Å²) in [6.07, 6.45) is 3.23. The molecule has 112 valence electrons. The maximum Gasteiger partial charge on any atom is 0.252 e. The molecule has 2 atom stereocenters. The molecule has 1 aromatic heterocycles. The Morgan fingerprint density at radius 2 is 2.05 bits per heavy atom. The molecule has 0 aromatic carbocycles. The Kier molecular flexibility index (Phi) is 4.12. The van der Waals surface area contributed by atoms with Crippen LogP contribution in [0.25, 0.3) is 0 Å². The molecule has 0 N–H and O–H groups in total. The van der Waals surface area contributed by atoms with Gasteiger partial charge in [-0.15, -0.1) is 22.9 Å². The standard InChI is InChI=1S/C13H19ClN2O2S2/c1-15-10-2-3-11(15)9-16(7-6-10)20(17,18)13-5-4-12(8-14)19-13/h4-5,10-11H,2-3,6-9H2,1H3. The monoisotopic (exact) mass is 334 g/mol. The van der Waals surface area contributed by atoms with E-state index in [0.29, 0.717) is 35.3 Å². The van der Waals surface area contributed by atoms with Gasteiger partial charge in [0, 0.05) is 30.1 Å². The zero-order valence-electron chi connectivity index (χ0n) is 11.5. The number of thiophene rings is 1. The molecule has 2 unspecified atom stereocenters. The van der Waals surface area contributed by atoms with Crippen LogP contribution in [0.2, 0.25) is 0 Å². The minimum absolute atomic E-state index is 0.365. The van der Waals surface area contributed by atoms with Crippen molar-refractivity contribution in [3.8, 4) is 0 Å². The van der Waals surface area contributed by atoms with E-state index in [1.807, 2.05) is 0 Å². The Balaban J connectivity index is 1.84. The predicted octanol–water partition coefficient (Wildman–Crippen LogP) is 2.34. The molecule has 2 bridgehead atoms. The van der Waals surface area contributed by atoms with Crippen LogP contribution < -0.4 is 0 Å². The second-order valence-corrected chi connectivity index (χ2v) is 9.16. The number of hydrogen-bond donors (Lipinski definition) is 0. The van der Waals surface area contributed by atoms with Crippen molar-refractivity contribution < 1.29 is 8.42 Å². The number of halogens is 1. The zero-order chi connectivity index (χ0) is 14.3. The third kappa shape index (κ3) is 2.52. The SMILES string of the molecule is CN1C2CCC1CN(S(=O)(=O)c1ccc(CCl)s1)CC2. The van der Waals surface area contributed by atoms with Crippen molar-refractivity contribution in [3.05, 3.63) is 17.0 Å². The van der Waals surface area contributed by atoms with Crippen LogP contribution in [-0.2, 0) is 15.9 Å². The topological polar surface area (TPSA) is 40.6 Å². The lowest BCUT2D eigenvalue weighted by atomic mass is 10.1. The van der Waals surface area contributed by atoms with Crippen LogP contribution >= 0.6 is 22.9 Å². The van der Waals surface area contributed by atoms with E-state index >= 15 is 0 Å². The molecule has 4 nitrogen and oxygen atoms in total. The summed E-state index contributed by atoms with van der Waals surface area (Å²) in [4.78, 5) is 3.26. The number of nitrogens with zero attached hydrogens (tertiary/aromatic N) is 2. The van der Waals surface area contributed by atoms with Gasteiger partial charge >= 0.3 is 0 Å². The van der Waals surface area contributed by atoms with Crippen LogP contribution in [0.5, 0.6) is 0 Å². The maximum atomic E-state index is 12.7. The van der Waals surface area contributed by atoms with Crippen molar-refractivity contribution in [3.63, 3.8) is 0 Å². The summed E-state index contributed by atoms with van der Waals surface area (Å²) >= 11 is 7.05. The highest BCUT2D eigenvalue weighted by molar-refractivity contribution is 7.91. The highest BCUT2D eigenvalue weighted by Crippen LogP contribution is 2.32. The summed E-state index contributed by atoms with van der Waals surface area (Å²) in [5, 5.41) is 0. The summed E-state index contributed by atoms with van der Waals surface area (Å²) in [6.45, 7) is 1.24. The minimum Gasteiger partial charge on any atom is -0.299 e. The summed E-state index contributed by atoms with van der Waals surface area (Å²) in [6, 6.07) is 4.40. The van der Waals surface area contributed by atoms with Crippen LogP contribution in [0.1, 0.15) is 24.1 Å². The van der Waals surface area contributed by atoms with Gasteiger partial charge in [0.1, 0.15) is 4.21 Å². The van der Waals surface area contributed by atoms with Crippen LogP contribution in [0.3, 0.4) is 0 Å². The van der Waals surface area contributed by atoms with Crippen LogP contribution in [0.4, 0.5) is 0 Å². The van der Waals surface area contributed by atoms with E-state index < -0.39 is 10.0 Å². The molecule has 0 amide bonds. The molecule has 0 spiro atoms. The van der Waals surface area contributed by atoms with Gasteiger partial charge in [0.05, 0.1) is 5.88 Å². The van der Waals surface area contributed by atoms with Gasteiger partial charge in [-0.3, -0.25) is 4.90 Å². The van der Waals surface area contributed by atoms with E-state index in [4.69, 9.17) is 11.6 Å². The first-order chi connectivity index (χ1) is 9.52. The van der Waals surface area contributed by atoms with Gasteiger partial charge in [-0.1, -0.05) is 0 Å². The third-order valence-electron chi connectivity index (χ3n) is 4.47. The number of rotatable bonds is 3. The molecule has 0 saturated carbocycles. The summed E-state index contributed by atoms with van der Waals surface area (Å²) in [5.41, 5.74) is 0. The van der Waals surface area contributed by atoms with Gasteiger partial charge in [-0.25, -0.2) is 8.42 Å². The van der Waals surface area contributed by atoms with Gasteiger partial charge in [-0.2, -0.15) is 4.31 Å². The Bertz CT molecular complexity index is 587. The largest absolute Gasteiger partial charge is 0.299 e. The Hall–Kier alpha value is -0.140. The fourth-order valence-electron chi connectivity index (χ4n) is 3.19. The van der Waals surface area contributed by atoms with E-state index in [1.165, 1.54) is 17.8 Å². The molecule has 3 rings (SSSR count). The lowest BCUT2D eigenvalue weighted by molar-refractivity contribution is 0.247. The predicted molar refractivity (Wildman–Crippen MR) is 81.8 cm³/mol. The Morgan fingerprint density at radius 3 is 2.75 bits per heavy atom. The molecule has 2 aliphatic rings. The fourth-order valence-corrected chi connectivity index (χ4v) is 6.30. The molecule has 0 radical (unpaired) electrons. The summed E-state index contributed by atoms with van der Waals surface area (Å²) in [5.74, 6) is 0.369. The van der Waals surface area contributed by atoms with Gasteiger partial charge in [0.2, 0.25) is 0 Å². The highest BCUT2D eigenvalue weighted by Gasteiger charge is 2.38. The van der Waals surface area contributed by atoms with Gasteiger partial charge in [0.15, 0.2) is 0 Å². The van der Waals surface area contributed by atoms with Crippen molar-refractivity contribution in [1.29, 1.82) is 0 Å². The molecular formula is C13H19ClN2O2S2. The maximum absolute atomic E-state index is 12.7. The molecular weight excluding hydrogens is 316 g/mol. The average Bonchev–Trinajstić information content (AvgIpc) is 2.95. The van der Waals surface area contributed by atoms with E-state index in [9.17, 15) is 8.42 Å². The van der Waals surface area contributed by atoms with Crippen molar-refractivity contribution in [2.45, 2.75) is 41.4 Å². The lowest BCUT2D eigenvalue weighted by Crippen LogP contribution is -2.39. The molecule has 0 aliphatic carbocycles. The fraction of sp³-hybridized carbons (Fsp3) is 0.692. The van der Waals surface area contributed by atoms with Crippen LogP contribution in [0, 0.1) is 0 Å². The second kappa shape index (κ2) is 5.57. The van der Waals surface area contributed by atoms with Crippen molar-refractivity contribution in [1.82, 2.24) is 9.21 Å². The normalized spacial score (nSPS) is 28.7. The quantitative estimate of drug-likeness (QED) is 0.797. The first-order valence-electron chi connectivity index (χ1n) is 6.89. The Labute approximate surface area is 129 Å². The van der Waals surface area contributed by atoms with Crippen LogP contribution in [-0.4, -0.2) is 49.8 Å². The smallest absolute Gasteiger partial charge is 0.252 e.